The Kier molecular flexibility index (Phi) is 4.69. The van der Waals surface area contributed by atoms with Crippen LogP contribution in [-0.4, -0.2) is 11.4 Å². The molecule has 0 spiro atoms. The molecule has 0 aliphatic rings. The summed E-state index contributed by atoms with van der Waals surface area (Å²) in [4.78, 5) is 11.8. The van der Waals surface area contributed by atoms with E-state index >= 15 is 0 Å². The van der Waals surface area contributed by atoms with Crippen molar-refractivity contribution >= 4 is 17.5 Å². The zero-order chi connectivity index (χ0) is 15.7. The van der Waals surface area contributed by atoms with Gasteiger partial charge in [-0.3, -0.25) is 4.79 Å². The third-order valence-electron chi connectivity index (χ3n) is 2.27. The summed E-state index contributed by atoms with van der Waals surface area (Å²) in [5.74, 6) is -1.78. The predicted octanol–water partition coefficient (Wildman–Crippen LogP) is 4.04. The number of carbonyl (C=O) groups is 1. The summed E-state index contributed by atoms with van der Waals surface area (Å²) in [5.41, 5.74) is -2.01. The van der Waals surface area contributed by atoms with Crippen molar-refractivity contribution < 1.29 is 22.4 Å². The summed E-state index contributed by atoms with van der Waals surface area (Å²) >= 11 is 5.81. The Labute approximate surface area is 119 Å². The zero-order valence-electron chi connectivity index (χ0n) is 11.1. The lowest BCUT2D eigenvalue weighted by atomic mass is 10.0. The molecule has 20 heavy (non-hydrogen) atoms. The van der Waals surface area contributed by atoms with E-state index in [1.165, 1.54) is 0 Å². The molecule has 1 unspecified atom stereocenters. The van der Waals surface area contributed by atoms with E-state index in [1.54, 1.807) is 20.8 Å². The van der Waals surface area contributed by atoms with E-state index in [0.717, 1.165) is 6.07 Å². The zero-order valence-corrected chi connectivity index (χ0v) is 11.9. The third-order valence-corrected chi connectivity index (χ3v) is 2.72. The lowest BCUT2D eigenvalue weighted by Gasteiger charge is -2.23. The van der Waals surface area contributed by atoms with E-state index in [0.29, 0.717) is 12.1 Å². The molecule has 0 bridgehead atoms. The predicted molar refractivity (Wildman–Crippen MR) is 67.9 cm³/mol. The molecule has 7 heteroatoms. The molecule has 0 aliphatic heterocycles. The van der Waals surface area contributed by atoms with Crippen molar-refractivity contribution in [2.75, 3.05) is 0 Å². The number of alkyl halides is 4. The summed E-state index contributed by atoms with van der Waals surface area (Å²) in [7, 11) is 0. The molecule has 0 aromatic heterocycles. The normalized spacial score (nSPS) is 14.0. The monoisotopic (exact) mass is 311 g/mol. The van der Waals surface area contributed by atoms with Gasteiger partial charge in [0.2, 0.25) is 5.91 Å². The van der Waals surface area contributed by atoms with Gasteiger partial charge in [-0.1, -0.05) is 0 Å². The Morgan fingerprint density at radius 3 is 2.20 bits per heavy atom. The van der Waals surface area contributed by atoms with Crippen molar-refractivity contribution in [3.05, 3.63) is 35.1 Å². The minimum atomic E-state index is -4.70. The SMILES string of the molecule is CC(C)(C)NC(=O)C(Cl)c1cc(F)cc(C(F)(F)F)c1. The van der Waals surface area contributed by atoms with Crippen LogP contribution in [0.2, 0.25) is 0 Å². The number of nitrogens with one attached hydrogen (secondary N) is 1. The minimum absolute atomic E-state index is 0.235. The highest BCUT2D eigenvalue weighted by Gasteiger charge is 2.33. The summed E-state index contributed by atoms with van der Waals surface area (Å²) in [6.07, 6.45) is -4.70. The first-order valence-corrected chi connectivity index (χ1v) is 6.17. The number of rotatable bonds is 2. The van der Waals surface area contributed by atoms with Crippen LogP contribution in [0.4, 0.5) is 17.6 Å². The molecule has 2 nitrogen and oxygen atoms in total. The maximum atomic E-state index is 13.2. The Bertz CT molecular complexity index is 508. The molecule has 0 radical (unpaired) electrons. The van der Waals surface area contributed by atoms with E-state index in [9.17, 15) is 22.4 Å². The van der Waals surface area contributed by atoms with Crippen LogP contribution in [-0.2, 0) is 11.0 Å². The molecule has 0 aliphatic carbocycles. The summed E-state index contributed by atoms with van der Waals surface area (Å²) < 4.78 is 50.9. The first-order valence-electron chi connectivity index (χ1n) is 5.74. The van der Waals surface area contributed by atoms with Crippen LogP contribution in [0.3, 0.4) is 0 Å². The first-order chi connectivity index (χ1) is 8.90. The molecule has 0 heterocycles. The molecule has 0 fully saturated rings. The standard InChI is InChI=1S/C13H14ClF4NO/c1-12(2,3)19-11(20)10(14)7-4-8(13(16,17)18)6-9(15)5-7/h4-6,10H,1-3H3,(H,19,20). The fourth-order valence-corrected chi connectivity index (χ4v) is 1.69. The minimum Gasteiger partial charge on any atom is -0.350 e. The van der Waals surface area contributed by atoms with Crippen LogP contribution >= 0.6 is 11.6 Å². The van der Waals surface area contributed by atoms with Gasteiger partial charge in [-0.2, -0.15) is 13.2 Å². The van der Waals surface area contributed by atoms with E-state index in [2.05, 4.69) is 5.32 Å². The second-order valence-corrected chi connectivity index (χ2v) is 5.81. The van der Waals surface area contributed by atoms with Crippen LogP contribution in [0.25, 0.3) is 0 Å². The summed E-state index contributed by atoms with van der Waals surface area (Å²) in [6.45, 7) is 5.09. The van der Waals surface area contributed by atoms with Gasteiger partial charge in [0.25, 0.3) is 0 Å². The average molecular weight is 312 g/mol. The molecule has 1 amide bonds. The van der Waals surface area contributed by atoms with Crippen LogP contribution in [0.15, 0.2) is 18.2 Å². The highest BCUT2D eigenvalue weighted by Crippen LogP contribution is 2.33. The highest BCUT2D eigenvalue weighted by atomic mass is 35.5. The number of hydrogen-bond acceptors (Lipinski definition) is 1. The fourth-order valence-electron chi connectivity index (χ4n) is 1.51. The largest absolute Gasteiger partial charge is 0.416 e. The smallest absolute Gasteiger partial charge is 0.350 e. The van der Waals surface area contributed by atoms with Crippen molar-refractivity contribution in [3.8, 4) is 0 Å². The Hall–Kier alpha value is -1.30. The number of benzene rings is 1. The van der Waals surface area contributed by atoms with E-state index in [-0.39, 0.29) is 5.56 Å². The quantitative estimate of drug-likeness (QED) is 0.648. The lowest BCUT2D eigenvalue weighted by molar-refractivity contribution is -0.138. The molecule has 1 aromatic rings. The maximum Gasteiger partial charge on any atom is 0.416 e. The van der Waals surface area contributed by atoms with Gasteiger partial charge in [0.1, 0.15) is 11.2 Å². The molecule has 0 saturated heterocycles. The van der Waals surface area contributed by atoms with Gasteiger partial charge in [-0.25, -0.2) is 4.39 Å². The molecule has 0 saturated carbocycles. The maximum absolute atomic E-state index is 13.2. The van der Waals surface area contributed by atoms with Crippen LogP contribution in [0.5, 0.6) is 0 Å². The molecular weight excluding hydrogens is 298 g/mol. The van der Waals surface area contributed by atoms with Crippen LogP contribution < -0.4 is 5.32 Å². The van der Waals surface area contributed by atoms with Gasteiger partial charge in [-0.05, 0) is 44.5 Å². The van der Waals surface area contributed by atoms with Crippen molar-refractivity contribution in [2.45, 2.75) is 37.9 Å². The van der Waals surface area contributed by atoms with Crippen LogP contribution in [0.1, 0.15) is 37.3 Å². The Balaban J connectivity index is 3.08. The Morgan fingerprint density at radius 1 is 1.20 bits per heavy atom. The summed E-state index contributed by atoms with van der Waals surface area (Å²) in [5, 5.41) is 1.12. The lowest BCUT2D eigenvalue weighted by Crippen LogP contribution is -2.42. The first kappa shape index (κ1) is 16.8. The van der Waals surface area contributed by atoms with Crippen molar-refractivity contribution in [2.24, 2.45) is 0 Å². The topological polar surface area (TPSA) is 29.1 Å². The third kappa shape index (κ3) is 4.67. The number of carbonyl (C=O) groups excluding carboxylic acids is 1. The molecule has 1 N–H and O–H groups in total. The molecule has 112 valence electrons. The Morgan fingerprint density at radius 2 is 1.75 bits per heavy atom. The highest BCUT2D eigenvalue weighted by molar-refractivity contribution is 6.30. The average Bonchev–Trinajstić information content (AvgIpc) is 2.23. The summed E-state index contributed by atoms with van der Waals surface area (Å²) in [6, 6.07) is 1.84. The molecule has 1 aromatic carbocycles. The fraction of sp³-hybridized carbons (Fsp3) is 0.462. The van der Waals surface area contributed by atoms with Crippen LogP contribution in [0, 0.1) is 5.82 Å². The van der Waals surface area contributed by atoms with Gasteiger partial charge in [0.05, 0.1) is 5.56 Å². The van der Waals surface area contributed by atoms with E-state index in [4.69, 9.17) is 11.6 Å². The second kappa shape index (κ2) is 5.60. The van der Waals surface area contributed by atoms with Gasteiger partial charge < -0.3 is 5.32 Å². The van der Waals surface area contributed by atoms with Gasteiger partial charge in [0, 0.05) is 5.54 Å². The molecular formula is C13H14ClF4NO. The number of hydrogen-bond donors (Lipinski definition) is 1. The van der Waals surface area contributed by atoms with E-state index < -0.39 is 34.4 Å². The van der Waals surface area contributed by atoms with Crippen molar-refractivity contribution in [3.63, 3.8) is 0 Å². The van der Waals surface area contributed by atoms with Crippen molar-refractivity contribution in [1.29, 1.82) is 0 Å². The molecule has 1 rings (SSSR count). The van der Waals surface area contributed by atoms with Gasteiger partial charge >= 0.3 is 6.18 Å². The second-order valence-electron chi connectivity index (χ2n) is 5.37. The number of halogens is 5. The van der Waals surface area contributed by atoms with Crippen molar-refractivity contribution in [1.82, 2.24) is 5.32 Å². The number of amides is 1. The van der Waals surface area contributed by atoms with Gasteiger partial charge in [0.15, 0.2) is 0 Å². The van der Waals surface area contributed by atoms with E-state index in [1.807, 2.05) is 0 Å². The van der Waals surface area contributed by atoms with Gasteiger partial charge in [-0.15, -0.1) is 11.6 Å². The molecule has 1 atom stereocenters.